The van der Waals surface area contributed by atoms with Crippen LogP contribution in [0.5, 0.6) is 5.75 Å². The Morgan fingerprint density at radius 1 is 1.00 bits per heavy atom. The van der Waals surface area contributed by atoms with Crippen LogP contribution in [0.4, 0.5) is 26.3 Å². The van der Waals surface area contributed by atoms with E-state index < -0.39 is 36.3 Å². The van der Waals surface area contributed by atoms with Crippen molar-refractivity contribution in [2.45, 2.75) is 77.2 Å². The predicted octanol–water partition coefficient (Wildman–Crippen LogP) is 9.98. The number of rotatable bonds is 13. The standard InChI is InChI=1S/C30H34F6O4S/c1-5-6-7-8-20-9-12-23(26(13-20)40-30(34,35)36)25-14-21-10-11-22(15-24(21)39-25)41-18-28(4,16-29(31,32)33)17-38-27(37)19(2)3/h9-15,19H,5-8,16-18H2,1-4H3. The number of carbonyl (C=O) groups is 1. The molecule has 3 rings (SSSR count). The molecule has 2 aromatic carbocycles. The highest BCUT2D eigenvalue weighted by atomic mass is 32.2. The van der Waals surface area contributed by atoms with Gasteiger partial charge in [-0.3, -0.25) is 4.79 Å². The van der Waals surface area contributed by atoms with Gasteiger partial charge in [-0.25, -0.2) is 0 Å². The normalized spacial score (nSPS) is 13.9. The van der Waals surface area contributed by atoms with Crippen LogP contribution in [0.15, 0.2) is 51.8 Å². The lowest BCUT2D eigenvalue weighted by atomic mass is 9.90. The van der Waals surface area contributed by atoms with Crippen molar-refractivity contribution in [2.24, 2.45) is 11.3 Å². The topological polar surface area (TPSA) is 48.7 Å². The van der Waals surface area contributed by atoms with Crippen molar-refractivity contribution in [2.75, 3.05) is 12.4 Å². The molecule has 0 aliphatic heterocycles. The monoisotopic (exact) mass is 604 g/mol. The Labute approximate surface area is 239 Å². The lowest BCUT2D eigenvalue weighted by molar-refractivity contribution is -0.274. The molecule has 0 N–H and O–H groups in total. The summed E-state index contributed by atoms with van der Waals surface area (Å²) in [5.74, 6) is -1.23. The van der Waals surface area contributed by atoms with E-state index in [1.54, 1.807) is 44.2 Å². The second-order valence-electron chi connectivity index (χ2n) is 10.8. The number of hydrogen-bond donors (Lipinski definition) is 0. The van der Waals surface area contributed by atoms with Crippen LogP contribution in [0.2, 0.25) is 0 Å². The van der Waals surface area contributed by atoms with Crippen LogP contribution in [-0.4, -0.2) is 30.9 Å². The van der Waals surface area contributed by atoms with Crippen molar-refractivity contribution in [1.82, 2.24) is 0 Å². The zero-order valence-electron chi connectivity index (χ0n) is 23.4. The molecule has 226 valence electrons. The predicted molar refractivity (Wildman–Crippen MR) is 147 cm³/mol. The van der Waals surface area contributed by atoms with Gasteiger partial charge < -0.3 is 13.9 Å². The minimum atomic E-state index is -4.89. The van der Waals surface area contributed by atoms with Crippen LogP contribution in [-0.2, 0) is 16.0 Å². The molecule has 0 radical (unpaired) electrons. The molecule has 3 aromatic rings. The summed E-state index contributed by atoms with van der Waals surface area (Å²) >= 11 is 1.15. The number of esters is 1. The van der Waals surface area contributed by atoms with Gasteiger partial charge in [-0.05, 0) is 54.8 Å². The molecule has 0 amide bonds. The molecule has 0 aliphatic rings. The van der Waals surface area contributed by atoms with Crippen LogP contribution in [0.25, 0.3) is 22.3 Å². The Morgan fingerprint density at radius 2 is 1.73 bits per heavy atom. The molecule has 0 spiro atoms. The Hall–Kier alpha value is -2.82. The molecule has 0 saturated carbocycles. The third-order valence-corrected chi connectivity index (χ3v) is 7.78. The lowest BCUT2D eigenvalue weighted by Crippen LogP contribution is -2.34. The van der Waals surface area contributed by atoms with Crippen LogP contribution in [0, 0.1) is 11.3 Å². The maximum absolute atomic E-state index is 13.3. The minimum absolute atomic E-state index is 0.0000216. The highest BCUT2D eigenvalue weighted by Gasteiger charge is 2.40. The number of halogens is 6. The summed E-state index contributed by atoms with van der Waals surface area (Å²) in [5.41, 5.74) is -0.160. The Bertz CT molecular complexity index is 1310. The fraction of sp³-hybridized carbons (Fsp3) is 0.500. The first-order valence-electron chi connectivity index (χ1n) is 13.4. The summed E-state index contributed by atoms with van der Waals surface area (Å²) < 4.78 is 95.0. The Morgan fingerprint density at radius 3 is 2.37 bits per heavy atom. The van der Waals surface area contributed by atoms with E-state index in [1.807, 2.05) is 6.92 Å². The van der Waals surface area contributed by atoms with E-state index in [4.69, 9.17) is 9.15 Å². The van der Waals surface area contributed by atoms with Gasteiger partial charge in [0.25, 0.3) is 0 Å². The molecule has 11 heteroatoms. The number of ether oxygens (including phenoxy) is 2. The van der Waals surface area contributed by atoms with Gasteiger partial charge in [-0.15, -0.1) is 24.9 Å². The molecule has 1 heterocycles. The molecule has 0 saturated heterocycles. The summed E-state index contributed by atoms with van der Waals surface area (Å²) in [4.78, 5) is 12.5. The van der Waals surface area contributed by atoms with E-state index in [0.717, 1.165) is 36.6 Å². The van der Waals surface area contributed by atoms with Gasteiger partial charge in [0.1, 0.15) is 17.1 Å². The number of fused-ring (bicyclic) bond motifs is 1. The first-order chi connectivity index (χ1) is 19.1. The van der Waals surface area contributed by atoms with Gasteiger partial charge in [0, 0.05) is 21.4 Å². The smallest absolute Gasteiger partial charge is 0.465 e. The fourth-order valence-corrected chi connectivity index (χ4v) is 5.30. The minimum Gasteiger partial charge on any atom is -0.465 e. The maximum Gasteiger partial charge on any atom is 0.573 e. The van der Waals surface area contributed by atoms with Crippen molar-refractivity contribution in [1.29, 1.82) is 0 Å². The highest BCUT2D eigenvalue weighted by molar-refractivity contribution is 7.99. The number of furan rings is 1. The molecule has 4 nitrogen and oxygen atoms in total. The molecule has 0 fully saturated rings. The van der Waals surface area contributed by atoms with E-state index in [-0.39, 0.29) is 29.4 Å². The fourth-order valence-electron chi connectivity index (χ4n) is 4.25. The Kier molecular flexibility index (Phi) is 10.7. The van der Waals surface area contributed by atoms with Crippen molar-refractivity contribution in [3.05, 3.63) is 48.0 Å². The van der Waals surface area contributed by atoms with Crippen LogP contribution in [0.3, 0.4) is 0 Å². The van der Waals surface area contributed by atoms with E-state index in [2.05, 4.69) is 4.74 Å². The zero-order chi connectivity index (χ0) is 30.4. The van der Waals surface area contributed by atoms with Gasteiger partial charge in [0.15, 0.2) is 0 Å². The van der Waals surface area contributed by atoms with Crippen molar-refractivity contribution in [3.63, 3.8) is 0 Å². The number of aryl methyl sites for hydroxylation is 1. The number of benzene rings is 2. The SMILES string of the molecule is CCCCCc1ccc(-c2cc3ccc(SCC(C)(COC(=O)C(C)C)CC(F)(F)F)cc3o2)c(OC(F)(F)F)c1. The molecule has 41 heavy (non-hydrogen) atoms. The van der Waals surface area contributed by atoms with Gasteiger partial charge in [-0.1, -0.05) is 46.6 Å². The number of thioether (sulfide) groups is 1. The van der Waals surface area contributed by atoms with Crippen molar-refractivity contribution >= 4 is 28.7 Å². The van der Waals surface area contributed by atoms with E-state index in [9.17, 15) is 31.1 Å². The zero-order valence-corrected chi connectivity index (χ0v) is 24.2. The van der Waals surface area contributed by atoms with Crippen molar-refractivity contribution in [3.8, 4) is 17.1 Å². The number of hydrogen-bond acceptors (Lipinski definition) is 5. The number of carbonyl (C=O) groups excluding carboxylic acids is 1. The van der Waals surface area contributed by atoms with Crippen LogP contribution >= 0.6 is 11.8 Å². The Balaban J connectivity index is 1.84. The molecule has 0 bridgehead atoms. The summed E-state index contributed by atoms with van der Waals surface area (Å²) in [6, 6.07) is 11.3. The molecule has 1 unspecified atom stereocenters. The summed E-state index contributed by atoms with van der Waals surface area (Å²) in [5, 5.41) is 0.609. The molecular formula is C30H34F6O4S. The second kappa shape index (κ2) is 13.4. The summed E-state index contributed by atoms with van der Waals surface area (Å²) in [6.45, 7) is 6.27. The number of alkyl halides is 6. The van der Waals surface area contributed by atoms with Gasteiger partial charge in [-0.2, -0.15) is 13.2 Å². The summed E-state index contributed by atoms with van der Waals surface area (Å²) in [6.07, 6.45) is -7.08. The maximum atomic E-state index is 13.3. The first-order valence-corrected chi connectivity index (χ1v) is 14.3. The van der Waals surface area contributed by atoms with Crippen LogP contribution < -0.4 is 4.74 Å². The lowest BCUT2D eigenvalue weighted by Gasteiger charge is -2.30. The average molecular weight is 605 g/mol. The van der Waals surface area contributed by atoms with Gasteiger partial charge in [0.05, 0.1) is 24.5 Å². The molecule has 1 atom stereocenters. The molecular weight excluding hydrogens is 570 g/mol. The average Bonchev–Trinajstić information content (AvgIpc) is 3.27. The molecule has 1 aromatic heterocycles. The van der Waals surface area contributed by atoms with Gasteiger partial charge in [0.2, 0.25) is 0 Å². The largest absolute Gasteiger partial charge is 0.573 e. The van der Waals surface area contributed by atoms with E-state index in [0.29, 0.717) is 22.3 Å². The van der Waals surface area contributed by atoms with Gasteiger partial charge >= 0.3 is 18.5 Å². The first kappa shape index (κ1) is 32.7. The highest BCUT2D eigenvalue weighted by Crippen LogP contribution is 2.41. The third-order valence-electron chi connectivity index (χ3n) is 6.35. The van der Waals surface area contributed by atoms with Crippen molar-refractivity contribution < 1.29 is 45.0 Å². The second-order valence-corrected chi connectivity index (χ2v) is 11.8. The van der Waals surface area contributed by atoms with Crippen LogP contribution in [0.1, 0.15) is 58.9 Å². The summed E-state index contributed by atoms with van der Waals surface area (Å²) in [7, 11) is 0. The van der Waals surface area contributed by atoms with E-state index in [1.165, 1.54) is 19.1 Å². The third kappa shape index (κ3) is 10.2. The number of unbranched alkanes of at least 4 members (excludes halogenated alkanes) is 2. The van der Waals surface area contributed by atoms with E-state index >= 15 is 0 Å². The molecule has 0 aliphatic carbocycles. The quantitative estimate of drug-likeness (QED) is 0.0841.